The van der Waals surface area contributed by atoms with E-state index in [1.165, 1.54) is 4.90 Å². The molecule has 0 bridgehead atoms. The number of para-hydroxylation sites is 1. The maximum absolute atomic E-state index is 12.4. The molecule has 2 unspecified atom stereocenters. The molecule has 1 aromatic carbocycles. The maximum atomic E-state index is 12.4. The van der Waals surface area contributed by atoms with Crippen molar-refractivity contribution in [3.05, 3.63) is 29.8 Å². The van der Waals surface area contributed by atoms with Gasteiger partial charge in [-0.25, -0.2) is 9.59 Å². The van der Waals surface area contributed by atoms with E-state index in [1.54, 1.807) is 6.07 Å². The molecule has 0 aromatic heterocycles. The standard InChI is InChI=1S/C15H18N2O4/c18-14(19)13-7-11-3-1-2-4-12(11)17(13)15(20)16-8-10-5-6-21-9-10/h1-4,10,13H,5-9H2,(H,16,20)(H,18,19). The lowest BCUT2D eigenvalue weighted by atomic mass is 10.1. The Hall–Kier alpha value is -2.08. The van der Waals surface area contributed by atoms with Gasteiger partial charge in [-0.05, 0) is 18.1 Å². The van der Waals surface area contributed by atoms with Crippen LogP contribution in [-0.4, -0.2) is 42.9 Å². The van der Waals surface area contributed by atoms with E-state index in [9.17, 15) is 14.7 Å². The third-order valence-corrected chi connectivity index (χ3v) is 4.05. The lowest BCUT2D eigenvalue weighted by Crippen LogP contribution is -2.49. The molecular weight excluding hydrogens is 272 g/mol. The number of carbonyl (C=O) groups excluding carboxylic acids is 1. The summed E-state index contributed by atoms with van der Waals surface area (Å²) in [7, 11) is 0. The molecule has 2 aliphatic heterocycles. The van der Waals surface area contributed by atoms with Crippen LogP contribution in [0.25, 0.3) is 0 Å². The van der Waals surface area contributed by atoms with Crippen LogP contribution in [-0.2, 0) is 16.0 Å². The molecule has 2 aliphatic rings. The molecule has 2 amide bonds. The molecule has 6 nitrogen and oxygen atoms in total. The largest absolute Gasteiger partial charge is 0.480 e. The van der Waals surface area contributed by atoms with Crippen molar-refractivity contribution < 1.29 is 19.4 Å². The summed E-state index contributed by atoms with van der Waals surface area (Å²) >= 11 is 0. The molecule has 0 spiro atoms. The predicted octanol–water partition coefficient (Wildman–Crippen LogP) is 1.25. The summed E-state index contributed by atoms with van der Waals surface area (Å²) in [5, 5.41) is 12.2. The molecule has 1 fully saturated rings. The van der Waals surface area contributed by atoms with E-state index >= 15 is 0 Å². The Morgan fingerprint density at radius 3 is 2.90 bits per heavy atom. The molecule has 112 valence electrons. The zero-order valence-corrected chi connectivity index (χ0v) is 11.6. The van der Waals surface area contributed by atoms with E-state index in [-0.39, 0.29) is 6.03 Å². The van der Waals surface area contributed by atoms with Gasteiger partial charge in [0.25, 0.3) is 0 Å². The number of carbonyl (C=O) groups is 2. The first kappa shape index (κ1) is 13.9. The van der Waals surface area contributed by atoms with Gasteiger partial charge in [-0.1, -0.05) is 18.2 Å². The fourth-order valence-corrected chi connectivity index (χ4v) is 2.90. The number of nitrogens with one attached hydrogen (secondary N) is 1. The minimum atomic E-state index is -0.981. The van der Waals surface area contributed by atoms with Crippen LogP contribution < -0.4 is 10.2 Å². The number of carboxylic acid groups (broad SMARTS) is 1. The highest BCUT2D eigenvalue weighted by Crippen LogP contribution is 2.32. The smallest absolute Gasteiger partial charge is 0.327 e. The summed E-state index contributed by atoms with van der Waals surface area (Å²) in [6.45, 7) is 1.90. The van der Waals surface area contributed by atoms with Crippen molar-refractivity contribution in [1.82, 2.24) is 5.32 Å². The van der Waals surface area contributed by atoms with E-state index in [1.807, 2.05) is 18.2 Å². The highest BCUT2D eigenvalue weighted by Gasteiger charge is 2.38. The number of carboxylic acids is 1. The molecule has 2 N–H and O–H groups in total. The Morgan fingerprint density at radius 1 is 1.38 bits per heavy atom. The number of fused-ring (bicyclic) bond motifs is 1. The van der Waals surface area contributed by atoms with E-state index < -0.39 is 12.0 Å². The van der Waals surface area contributed by atoms with Gasteiger partial charge < -0.3 is 15.2 Å². The van der Waals surface area contributed by atoms with Crippen molar-refractivity contribution in [2.24, 2.45) is 5.92 Å². The van der Waals surface area contributed by atoms with Crippen LogP contribution in [0.1, 0.15) is 12.0 Å². The van der Waals surface area contributed by atoms with Gasteiger partial charge in [0.2, 0.25) is 0 Å². The van der Waals surface area contributed by atoms with E-state index in [0.29, 0.717) is 31.2 Å². The van der Waals surface area contributed by atoms with Crippen molar-refractivity contribution in [3.63, 3.8) is 0 Å². The third-order valence-electron chi connectivity index (χ3n) is 4.05. The van der Waals surface area contributed by atoms with Crippen molar-refractivity contribution in [1.29, 1.82) is 0 Å². The quantitative estimate of drug-likeness (QED) is 0.878. The Morgan fingerprint density at radius 2 is 2.19 bits per heavy atom. The van der Waals surface area contributed by atoms with Gasteiger partial charge in [-0.15, -0.1) is 0 Å². The first-order valence-electron chi connectivity index (χ1n) is 7.12. The van der Waals surface area contributed by atoms with Gasteiger partial charge in [0.1, 0.15) is 6.04 Å². The van der Waals surface area contributed by atoms with E-state index in [2.05, 4.69) is 5.32 Å². The SMILES string of the molecule is O=C(O)C1Cc2ccccc2N1C(=O)NCC1CCOC1. The highest BCUT2D eigenvalue weighted by atomic mass is 16.5. The first-order chi connectivity index (χ1) is 10.2. The van der Waals surface area contributed by atoms with Crippen molar-refractivity contribution in [3.8, 4) is 0 Å². The molecule has 0 saturated carbocycles. The summed E-state index contributed by atoms with van der Waals surface area (Å²) in [5.41, 5.74) is 1.58. The van der Waals surface area contributed by atoms with Gasteiger partial charge in [0.15, 0.2) is 0 Å². The second-order valence-electron chi connectivity index (χ2n) is 5.47. The van der Waals surface area contributed by atoms with Crippen LogP contribution >= 0.6 is 0 Å². The molecule has 21 heavy (non-hydrogen) atoms. The van der Waals surface area contributed by atoms with Crippen LogP contribution in [0.15, 0.2) is 24.3 Å². The second kappa shape index (κ2) is 5.73. The number of aliphatic carboxylic acids is 1. The van der Waals surface area contributed by atoms with E-state index in [0.717, 1.165) is 18.6 Å². The Labute approximate surface area is 122 Å². The Balaban J connectivity index is 1.73. The molecule has 0 radical (unpaired) electrons. The van der Waals surface area contributed by atoms with Gasteiger partial charge in [-0.3, -0.25) is 4.90 Å². The van der Waals surface area contributed by atoms with Gasteiger partial charge >= 0.3 is 12.0 Å². The number of ether oxygens (including phenoxy) is 1. The lowest BCUT2D eigenvalue weighted by molar-refractivity contribution is -0.138. The molecule has 1 saturated heterocycles. The minimum Gasteiger partial charge on any atom is -0.480 e. The summed E-state index contributed by atoms with van der Waals surface area (Å²) in [4.78, 5) is 25.1. The number of anilines is 1. The van der Waals surface area contributed by atoms with Gasteiger partial charge in [-0.2, -0.15) is 0 Å². The van der Waals surface area contributed by atoms with Crippen LogP contribution in [0.3, 0.4) is 0 Å². The Kier molecular flexibility index (Phi) is 3.79. The summed E-state index contributed by atoms with van der Waals surface area (Å²) in [6, 6.07) is 6.14. The lowest BCUT2D eigenvalue weighted by Gasteiger charge is -2.23. The second-order valence-corrected chi connectivity index (χ2v) is 5.47. The number of hydrogen-bond donors (Lipinski definition) is 2. The van der Waals surface area contributed by atoms with E-state index in [4.69, 9.17) is 4.74 Å². The third kappa shape index (κ3) is 2.71. The maximum Gasteiger partial charge on any atom is 0.327 e. The van der Waals surface area contributed by atoms with Crippen LogP contribution in [0.2, 0.25) is 0 Å². The number of hydrogen-bond acceptors (Lipinski definition) is 3. The zero-order valence-electron chi connectivity index (χ0n) is 11.6. The van der Waals surface area contributed by atoms with Crippen LogP contribution in [0, 0.1) is 5.92 Å². The fourth-order valence-electron chi connectivity index (χ4n) is 2.90. The number of benzene rings is 1. The summed E-state index contributed by atoms with van der Waals surface area (Å²) < 4.78 is 5.27. The number of rotatable bonds is 3. The topological polar surface area (TPSA) is 78.9 Å². The summed E-state index contributed by atoms with van der Waals surface area (Å²) in [5.74, 6) is -0.666. The van der Waals surface area contributed by atoms with Crippen molar-refractivity contribution >= 4 is 17.7 Å². The number of urea groups is 1. The predicted molar refractivity (Wildman–Crippen MR) is 76.4 cm³/mol. The average molecular weight is 290 g/mol. The van der Waals surface area contributed by atoms with Crippen molar-refractivity contribution in [2.45, 2.75) is 18.9 Å². The first-order valence-corrected chi connectivity index (χ1v) is 7.12. The molecular formula is C15H18N2O4. The molecule has 6 heteroatoms. The fraction of sp³-hybridized carbons (Fsp3) is 0.467. The minimum absolute atomic E-state index is 0.315. The molecule has 2 heterocycles. The van der Waals surface area contributed by atoms with Gasteiger partial charge in [0, 0.05) is 31.2 Å². The molecule has 1 aromatic rings. The molecule has 3 rings (SSSR count). The zero-order chi connectivity index (χ0) is 14.8. The monoisotopic (exact) mass is 290 g/mol. The van der Waals surface area contributed by atoms with Gasteiger partial charge in [0.05, 0.1) is 6.61 Å². The number of nitrogens with zero attached hydrogens (tertiary/aromatic N) is 1. The normalized spacial score (nSPS) is 23.9. The van der Waals surface area contributed by atoms with Crippen molar-refractivity contribution in [2.75, 3.05) is 24.7 Å². The molecule has 0 aliphatic carbocycles. The highest BCUT2D eigenvalue weighted by molar-refractivity contribution is 6.01. The van der Waals surface area contributed by atoms with Crippen LogP contribution in [0.5, 0.6) is 0 Å². The summed E-state index contributed by atoms with van der Waals surface area (Å²) in [6.07, 6.45) is 1.28. The van der Waals surface area contributed by atoms with Crippen LogP contribution in [0.4, 0.5) is 10.5 Å². The Bertz CT molecular complexity index is 554. The average Bonchev–Trinajstić information content (AvgIpc) is 3.11. The molecule has 2 atom stereocenters. The number of amides is 2.